The molecular formula is C21H31N3O4S. The number of rotatable bonds is 6. The SMILES string of the molecule is CN(C)[C@@H]1C[C@@H]2CN(C(=O)c3ccc(S(N)(=O)=O)cc3)C[C@@H]2C[C@H]1OCC1CC1. The number of amides is 1. The molecule has 0 radical (unpaired) electrons. The first kappa shape index (κ1) is 20.8. The molecule has 4 rings (SSSR count). The topological polar surface area (TPSA) is 92.9 Å². The fourth-order valence-electron chi connectivity index (χ4n) is 4.79. The summed E-state index contributed by atoms with van der Waals surface area (Å²) in [5, 5.41) is 5.14. The highest BCUT2D eigenvalue weighted by atomic mass is 32.2. The van der Waals surface area contributed by atoms with Gasteiger partial charge in [0.2, 0.25) is 10.0 Å². The number of nitrogens with two attached hydrogens (primary N) is 1. The first-order valence-electron chi connectivity index (χ1n) is 10.4. The van der Waals surface area contributed by atoms with E-state index in [0.717, 1.165) is 38.5 Å². The van der Waals surface area contributed by atoms with Crippen molar-refractivity contribution >= 4 is 15.9 Å². The van der Waals surface area contributed by atoms with E-state index in [-0.39, 0.29) is 16.9 Å². The van der Waals surface area contributed by atoms with E-state index in [1.165, 1.54) is 25.0 Å². The Bertz CT molecular complexity index is 851. The second kappa shape index (κ2) is 7.98. The summed E-state index contributed by atoms with van der Waals surface area (Å²) in [5.74, 6) is 1.65. The zero-order chi connectivity index (χ0) is 20.8. The smallest absolute Gasteiger partial charge is 0.253 e. The molecule has 2 saturated carbocycles. The van der Waals surface area contributed by atoms with Gasteiger partial charge in [-0.05, 0) is 81.8 Å². The first-order valence-corrected chi connectivity index (χ1v) is 12.0. The average Bonchev–Trinajstić information content (AvgIpc) is 3.41. The second-order valence-corrected chi connectivity index (χ2v) is 10.7. The summed E-state index contributed by atoms with van der Waals surface area (Å²) >= 11 is 0. The number of carbonyl (C=O) groups is 1. The fraction of sp³-hybridized carbons (Fsp3) is 0.667. The van der Waals surface area contributed by atoms with E-state index in [1.54, 1.807) is 12.1 Å². The van der Waals surface area contributed by atoms with E-state index in [9.17, 15) is 13.2 Å². The van der Waals surface area contributed by atoms with Gasteiger partial charge in [-0.25, -0.2) is 13.6 Å². The number of carbonyl (C=O) groups excluding carboxylic acids is 1. The van der Waals surface area contributed by atoms with Crippen molar-refractivity contribution in [3.8, 4) is 0 Å². The molecule has 1 aliphatic heterocycles. The van der Waals surface area contributed by atoms with Gasteiger partial charge in [-0.1, -0.05) is 0 Å². The third kappa shape index (κ3) is 4.66. The number of primary sulfonamides is 1. The molecule has 29 heavy (non-hydrogen) atoms. The molecule has 0 bridgehead atoms. The van der Waals surface area contributed by atoms with E-state index >= 15 is 0 Å². The molecule has 1 aromatic rings. The van der Waals surface area contributed by atoms with Crippen LogP contribution in [0.25, 0.3) is 0 Å². The summed E-state index contributed by atoms with van der Waals surface area (Å²) in [6, 6.07) is 6.28. The van der Waals surface area contributed by atoms with Crippen LogP contribution in [0.15, 0.2) is 29.2 Å². The van der Waals surface area contributed by atoms with Crippen LogP contribution in [0.5, 0.6) is 0 Å². The van der Waals surface area contributed by atoms with Crippen LogP contribution in [0.4, 0.5) is 0 Å². The number of benzene rings is 1. The molecule has 8 heteroatoms. The summed E-state index contributed by atoms with van der Waals surface area (Å²) in [6.07, 6.45) is 4.85. The van der Waals surface area contributed by atoms with Gasteiger partial charge < -0.3 is 14.5 Å². The summed E-state index contributed by atoms with van der Waals surface area (Å²) in [6.45, 7) is 2.36. The third-order valence-electron chi connectivity index (χ3n) is 6.71. The Morgan fingerprint density at radius 1 is 1.14 bits per heavy atom. The van der Waals surface area contributed by atoms with Crippen LogP contribution in [-0.2, 0) is 14.8 Å². The van der Waals surface area contributed by atoms with Crippen molar-refractivity contribution in [1.29, 1.82) is 0 Å². The lowest BCUT2D eigenvalue weighted by molar-refractivity contribution is -0.0493. The zero-order valence-corrected chi connectivity index (χ0v) is 18.0. The Kier molecular flexibility index (Phi) is 5.72. The van der Waals surface area contributed by atoms with Crippen LogP contribution < -0.4 is 5.14 Å². The van der Waals surface area contributed by atoms with Gasteiger partial charge in [-0.2, -0.15) is 0 Å². The van der Waals surface area contributed by atoms with E-state index in [1.807, 2.05) is 4.90 Å². The normalized spacial score (nSPS) is 29.9. The van der Waals surface area contributed by atoms with Crippen LogP contribution in [0, 0.1) is 17.8 Å². The molecule has 2 N–H and O–H groups in total. The van der Waals surface area contributed by atoms with Crippen LogP contribution in [0.3, 0.4) is 0 Å². The van der Waals surface area contributed by atoms with Gasteiger partial charge in [0.1, 0.15) is 0 Å². The molecule has 3 fully saturated rings. The molecule has 0 aromatic heterocycles. The van der Waals surface area contributed by atoms with Crippen molar-refractivity contribution in [3.05, 3.63) is 29.8 Å². The molecule has 1 aromatic carbocycles. The van der Waals surface area contributed by atoms with Crippen LogP contribution in [0.1, 0.15) is 36.0 Å². The van der Waals surface area contributed by atoms with Gasteiger partial charge in [0, 0.05) is 31.3 Å². The highest BCUT2D eigenvalue weighted by molar-refractivity contribution is 7.89. The summed E-state index contributed by atoms with van der Waals surface area (Å²) in [7, 11) is 0.476. The average molecular weight is 422 g/mol. The standard InChI is InChI=1S/C21H31N3O4S/c1-23(2)19-9-16-11-24(12-17(16)10-20(19)28-13-14-3-4-14)21(25)15-5-7-18(8-6-15)29(22,26)27/h5-8,14,16-17,19-20H,3-4,9-13H2,1-2H3,(H2,22,26,27)/t16-,17+,19-,20-/m1/s1. The second-order valence-electron chi connectivity index (χ2n) is 9.12. The molecule has 7 nitrogen and oxygen atoms in total. The summed E-state index contributed by atoms with van der Waals surface area (Å²) in [5.41, 5.74) is 0.502. The van der Waals surface area contributed by atoms with Crippen molar-refractivity contribution < 1.29 is 17.9 Å². The molecule has 4 atom stereocenters. The highest BCUT2D eigenvalue weighted by Crippen LogP contribution is 2.40. The minimum Gasteiger partial charge on any atom is -0.376 e. The number of hydrogen-bond donors (Lipinski definition) is 1. The maximum atomic E-state index is 13.0. The lowest BCUT2D eigenvalue weighted by atomic mass is 9.77. The number of likely N-dealkylation sites (N-methyl/N-ethyl adjacent to an activating group) is 1. The highest BCUT2D eigenvalue weighted by Gasteiger charge is 2.45. The minimum atomic E-state index is -3.75. The zero-order valence-electron chi connectivity index (χ0n) is 17.2. The maximum absolute atomic E-state index is 13.0. The van der Waals surface area contributed by atoms with Gasteiger partial charge >= 0.3 is 0 Å². The van der Waals surface area contributed by atoms with E-state index in [4.69, 9.17) is 9.88 Å². The molecule has 160 valence electrons. The Balaban J connectivity index is 1.42. The van der Waals surface area contributed by atoms with E-state index in [0.29, 0.717) is 23.4 Å². The molecule has 3 aliphatic rings. The summed E-state index contributed by atoms with van der Waals surface area (Å²) in [4.78, 5) is 17.2. The fourth-order valence-corrected chi connectivity index (χ4v) is 5.31. The number of likely N-dealkylation sites (tertiary alicyclic amines) is 1. The molecule has 1 saturated heterocycles. The summed E-state index contributed by atoms with van der Waals surface area (Å²) < 4.78 is 29.1. The third-order valence-corrected chi connectivity index (χ3v) is 7.64. The number of hydrogen-bond acceptors (Lipinski definition) is 5. The van der Waals surface area contributed by atoms with Crippen LogP contribution in [0.2, 0.25) is 0 Å². The van der Waals surface area contributed by atoms with Gasteiger partial charge in [-0.15, -0.1) is 0 Å². The predicted octanol–water partition coefficient (Wildman–Crippen LogP) is 1.54. The first-order chi connectivity index (χ1) is 13.7. The molecule has 0 unspecified atom stereocenters. The molecule has 2 aliphatic carbocycles. The van der Waals surface area contributed by atoms with Crippen LogP contribution >= 0.6 is 0 Å². The molecule has 1 heterocycles. The Morgan fingerprint density at radius 2 is 1.76 bits per heavy atom. The van der Waals surface area contributed by atoms with Gasteiger partial charge in [0.15, 0.2) is 0 Å². The Morgan fingerprint density at radius 3 is 2.31 bits per heavy atom. The number of nitrogens with zero attached hydrogens (tertiary/aromatic N) is 2. The van der Waals surface area contributed by atoms with Gasteiger partial charge in [0.05, 0.1) is 11.0 Å². The quantitative estimate of drug-likeness (QED) is 0.752. The van der Waals surface area contributed by atoms with Crippen LogP contribution in [-0.4, -0.2) is 70.1 Å². The molecule has 1 amide bonds. The monoisotopic (exact) mass is 421 g/mol. The molecule has 0 spiro atoms. The predicted molar refractivity (Wildman–Crippen MR) is 110 cm³/mol. The minimum absolute atomic E-state index is 0.0219. The Labute approximate surface area is 173 Å². The Hall–Kier alpha value is -1.48. The van der Waals surface area contributed by atoms with E-state index < -0.39 is 10.0 Å². The lowest BCUT2D eigenvalue weighted by Gasteiger charge is -2.41. The van der Waals surface area contributed by atoms with Gasteiger partial charge in [0.25, 0.3) is 5.91 Å². The van der Waals surface area contributed by atoms with Crippen molar-refractivity contribution in [1.82, 2.24) is 9.80 Å². The number of ether oxygens (including phenoxy) is 1. The maximum Gasteiger partial charge on any atom is 0.253 e. The van der Waals surface area contributed by atoms with Crippen molar-refractivity contribution in [2.45, 2.75) is 42.7 Å². The number of sulfonamides is 1. The van der Waals surface area contributed by atoms with Crippen molar-refractivity contribution in [3.63, 3.8) is 0 Å². The van der Waals surface area contributed by atoms with Gasteiger partial charge in [-0.3, -0.25) is 4.79 Å². The van der Waals surface area contributed by atoms with Crippen molar-refractivity contribution in [2.24, 2.45) is 22.9 Å². The van der Waals surface area contributed by atoms with Crippen molar-refractivity contribution in [2.75, 3.05) is 33.8 Å². The lowest BCUT2D eigenvalue weighted by Crippen LogP contribution is -2.48. The molecular weight excluding hydrogens is 390 g/mol. The van der Waals surface area contributed by atoms with E-state index in [2.05, 4.69) is 19.0 Å². The number of fused-ring (bicyclic) bond motifs is 1. The largest absolute Gasteiger partial charge is 0.376 e.